The molecule has 1 fully saturated rings. The molecule has 4 heteroatoms. The lowest BCUT2D eigenvalue weighted by Crippen LogP contribution is -2.32. The Morgan fingerprint density at radius 1 is 1.16 bits per heavy atom. The van der Waals surface area contributed by atoms with Gasteiger partial charge in [0.2, 0.25) is 0 Å². The number of aryl methyl sites for hydroxylation is 1. The minimum atomic E-state index is -3.23. The topological polar surface area (TPSA) is 43.4 Å². The predicted octanol–water partition coefficient (Wildman–Crippen LogP) is 3.12. The van der Waals surface area contributed by atoms with Gasteiger partial charge in [0.1, 0.15) is 0 Å². The molecule has 2 rings (SSSR count). The lowest BCUT2D eigenvalue weighted by molar-refractivity contribution is -0.0390. The smallest absolute Gasteiger partial charge is 0.180 e. The summed E-state index contributed by atoms with van der Waals surface area (Å²) in [6.07, 6.45) is 4.00. The molecule has 0 aliphatic carbocycles. The van der Waals surface area contributed by atoms with Crippen molar-refractivity contribution in [3.8, 4) is 0 Å². The monoisotopic (exact) mass is 282 g/mol. The second-order valence-corrected chi connectivity index (χ2v) is 7.35. The van der Waals surface area contributed by atoms with E-state index in [1.165, 1.54) is 0 Å². The van der Waals surface area contributed by atoms with E-state index in [1.54, 1.807) is 12.1 Å². The first kappa shape index (κ1) is 14.5. The highest BCUT2D eigenvalue weighted by Crippen LogP contribution is 2.24. The number of benzene rings is 1. The van der Waals surface area contributed by atoms with Crippen LogP contribution in [0.4, 0.5) is 0 Å². The Bertz CT molecular complexity index is 505. The summed E-state index contributed by atoms with van der Waals surface area (Å²) >= 11 is 0. The van der Waals surface area contributed by atoms with E-state index in [4.69, 9.17) is 4.74 Å². The maximum absolute atomic E-state index is 12.3. The minimum absolute atomic E-state index is 0.104. The number of ether oxygens (including phenoxy) is 1. The van der Waals surface area contributed by atoms with Gasteiger partial charge in [0.15, 0.2) is 9.84 Å². The van der Waals surface area contributed by atoms with Gasteiger partial charge in [-0.25, -0.2) is 8.42 Å². The van der Waals surface area contributed by atoms with Crippen molar-refractivity contribution in [2.45, 2.75) is 56.6 Å². The van der Waals surface area contributed by atoms with Crippen LogP contribution in [0.2, 0.25) is 0 Å². The van der Waals surface area contributed by atoms with Gasteiger partial charge in [-0.2, -0.15) is 0 Å². The molecule has 106 valence electrons. The van der Waals surface area contributed by atoms with E-state index in [-0.39, 0.29) is 18.0 Å². The fourth-order valence-corrected chi connectivity index (χ4v) is 3.97. The molecule has 1 aromatic carbocycles. The van der Waals surface area contributed by atoms with E-state index < -0.39 is 9.84 Å². The van der Waals surface area contributed by atoms with Crippen molar-refractivity contribution in [3.05, 3.63) is 29.8 Å². The van der Waals surface area contributed by atoms with Crippen LogP contribution >= 0.6 is 0 Å². The Hall–Kier alpha value is -0.870. The molecule has 0 unspecified atom stereocenters. The van der Waals surface area contributed by atoms with Crippen LogP contribution in [0.3, 0.4) is 0 Å². The molecule has 1 heterocycles. The lowest BCUT2D eigenvalue weighted by atomic mass is 10.0. The molecular formula is C15H22O3S. The maximum atomic E-state index is 12.3. The molecule has 1 saturated heterocycles. The Kier molecular flexibility index (Phi) is 4.63. The minimum Gasteiger partial charge on any atom is -0.374 e. The third kappa shape index (κ3) is 3.80. The number of rotatable bonds is 4. The molecule has 3 nitrogen and oxygen atoms in total. The van der Waals surface area contributed by atoms with Crippen LogP contribution in [0.15, 0.2) is 29.2 Å². The highest BCUT2D eigenvalue weighted by Gasteiger charge is 2.27. The molecule has 1 aromatic rings. The second-order valence-electron chi connectivity index (χ2n) is 5.31. The Morgan fingerprint density at radius 3 is 2.42 bits per heavy atom. The van der Waals surface area contributed by atoms with Gasteiger partial charge in [0.05, 0.1) is 22.9 Å². The zero-order valence-corrected chi connectivity index (χ0v) is 12.4. The van der Waals surface area contributed by atoms with Gasteiger partial charge in [-0.3, -0.25) is 0 Å². The fraction of sp³-hybridized carbons (Fsp3) is 0.600. The van der Waals surface area contributed by atoms with E-state index in [0.717, 1.165) is 31.2 Å². The molecule has 0 saturated carbocycles. The summed E-state index contributed by atoms with van der Waals surface area (Å²) < 4.78 is 30.5. The van der Waals surface area contributed by atoms with Crippen molar-refractivity contribution in [3.63, 3.8) is 0 Å². The van der Waals surface area contributed by atoms with E-state index in [2.05, 4.69) is 6.92 Å². The zero-order chi connectivity index (χ0) is 13.9. The van der Waals surface area contributed by atoms with Gasteiger partial charge in [0, 0.05) is 0 Å². The first-order chi connectivity index (χ1) is 9.01. The number of sulfone groups is 1. The number of hydrogen-bond acceptors (Lipinski definition) is 3. The van der Waals surface area contributed by atoms with E-state index in [0.29, 0.717) is 4.90 Å². The van der Waals surface area contributed by atoms with Crippen molar-refractivity contribution in [1.29, 1.82) is 0 Å². The highest BCUT2D eigenvalue weighted by atomic mass is 32.2. The molecule has 19 heavy (non-hydrogen) atoms. The third-order valence-corrected chi connectivity index (χ3v) is 5.48. The molecule has 1 aliphatic rings. The third-order valence-electron chi connectivity index (χ3n) is 3.68. The Morgan fingerprint density at radius 2 is 1.79 bits per heavy atom. The van der Waals surface area contributed by atoms with Crippen molar-refractivity contribution < 1.29 is 13.2 Å². The molecule has 2 atom stereocenters. The van der Waals surface area contributed by atoms with Crippen molar-refractivity contribution in [2.24, 2.45) is 0 Å². The van der Waals surface area contributed by atoms with Crippen LogP contribution in [-0.4, -0.2) is 26.4 Å². The molecular weight excluding hydrogens is 260 g/mol. The first-order valence-electron chi connectivity index (χ1n) is 6.96. The SMILES string of the molecule is CC[C@H]1CCC[C@H](CS(=O)(=O)c2ccc(C)cc2)O1. The van der Waals surface area contributed by atoms with Gasteiger partial charge in [0.25, 0.3) is 0 Å². The lowest BCUT2D eigenvalue weighted by Gasteiger charge is -2.29. The Balaban J connectivity index is 2.06. The predicted molar refractivity (Wildman–Crippen MR) is 76.0 cm³/mol. The van der Waals surface area contributed by atoms with Gasteiger partial charge in [-0.05, 0) is 44.7 Å². The van der Waals surface area contributed by atoms with Crippen LogP contribution < -0.4 is 0 Å². The molecule has 0 amide bonds. The van der Waals surface area contributed by atoms with Gasteiger partial charge in [-0.1, -0.05) is 24.6 Å². The summed E-state index contributed by atoms with van der Waals surface area (Å²) in [7, 11) is -3.23. The van der Waals surface area contributed by atoms with Gasteiger partial charge >= 0.3 is 0 Å². The summed E-state index contributed by atoms with van der Waals surface area (Å²) in [5.74, 6) is 0.104. The molecule has 0 radical (unpaired) electrons. The first-order valence-corrected chi connectivity index (χ1v) is 8.61. The van der Waals surface area contributed by atoms with E-state index in [9.17, 15) is 8.42 Å². The normalized spacial score (nSPS) is 24.3. The Labute approximate surface area is 115 Å². The quantitative estimate of drug-likeness (QED) is 0.852. The number of hydrogen-bond donors (Lipinski definition) is 0. The summed E-state index contributed by atoms with van der Waals surface area (Å²) in [5.41, 5.74) is 1.07. The summed E-state index contributed by atoms with van der Waals surface area (Å²) in [5, 5.41) is 0. The largest absolute Gasteiger partial charge is 0.374 e. The molecule has 0 bridgehead atoms. The zero-order valence-electron chi connectivity index (χ0n) is 11.6. The summed E-state index contributed by atoms with van der Waals surface area (Å²) in [4.78, 5) is 0.403. The molecule has 0 N–H and O–H groups in total. The molecule has 0 aromatic heterocycles. The van der Waals surface area contributed by atoms with Crippen LogP contribution in [0.5, 0.6) is 0 Å². The molecule has 0 spiro atoms. The van der Waals surface area contributed by atoms with E-state index >= 15 is 0 Å². The van der Waals surface area contributed by atoms with Crippen LogP contribution in [-0.2, 0) is 14.6 Å². The van der Waals surface area contributed by atoms with Gasteiger partial charge < -0.3 is 4.74 Å². The highest BCUT2D eigenvalue weighted by molar-refractivity contribution is 7.91. The van der Waals surface area contributed by atoms with Crippen molar-refractivity contribution in [1.82, 2.24) is 0 Å². The van der Waals surface area contributed by atoms with Crippen LogP contribution in [0.1, 0.15) is 38.2 Å². The average molecular weight is 282 g/mol. The van der Waals surface area contributed by atoms with Crippen molar-refractivity contribution >= 4 is 9.84 Å². The van der Waals surface area contributed by atoms with Gasteiger partial charge in [-0.15, -0.1) is 0 Å². The average Bonchev–Trinajstić information content (AvgIpc) is 2.39. The standard InChI is InChI=1S/C15H22O3S/c1-3-13-5-4-6-14(18-13)11-19(16,17)15-9-7-12(2)8-10-15/h7-10,13-14H,3-6,11H2,1-2H3/t13-,14+/m0/s1. The fourth-order valence-electron chi connectivity index (χ4n) is 2.49. The summed E-state index contributed by atoms with van der Waals surface area (Å²) in [6, 6.07) is 7.04. The maximum Gasteiger partial charge on any atom is 0.180 e. The van der Waals surface area contributed by atoms with E-state index in [1.807, 2.05) is 19.1 Å². The van der Waals surface area contributed by atoms with Crippen LogP contribution in [0.25, 0.3) is 0 Å². The second kappa shape index (κ2) is 6.06. The molecule has 1 aliphatic heterocycles. The summed E-state index contributed by atoms with van der Waals surface area (Å²) in [6.45, 7) is 4.04. The van der Waals surface area contributed by atoms with Crippen LogP contribution in [0, 0.1) is 6.92 Å². The van der Waals surface area contributed by atoms with Crippen molar-refractivity contribution in [2.75, 3.05) is 5.75 Å².